The van der Waals surface area contributed by atoms with Gasteiger partial charge in [0.2, 0.25) is 11.8 Å². The van der Waals surface area contributed by atoms with E-state index in [0.717, 1.165) is 17.0 Å². The van der Waals surface area contributed by atoms with E-state index in [2.05, 4.69) is 10.6 Å². The summed E-state index contributed by atoms with van der Waals surface area (Å²) in [5.41, 5.74) is 6.38. The normalized spacial score (nSPS) is 11.6. The zero-order valence-electron chi connectivity index (χ0n) is 15.4. The second kappa shape index (κ2) is 10.1. The molecule has 5 N–H and O–H groups in total. The van der Waals surface area contributed by atoms with Gasteiger partial charge in [0.05, 0.1) is 16.5 Å². The second-order valence-electron chi connectivity index (χ2n) is 5.84. The molecule has 3 amide bonds. The Morgan fingerprint density at radius 1 is 1.00 bits per heavy atom. The third-order valence-corrected chi connectivity index (χ3v) is 4.74. The number of carbonyl (C=O) groups is 4. The zero-order chi connectivity index (χ0) is 21.4. The minimum atomic E-state index is -1.21. The minimum Gasteiger partial charge on any atom is -0.478 e. The quantitative estimate of drug-likeness (QED) is 0.387. The lowest BCUT2D eigenvalue weighted by Gasteiger charge is -2.14. The molecule has 0 aliphatic heterocycles. The number of thioether (sulfide) groups is 1. The highest BCUT2D eigenvalue weighted by atomic mass is 32.2. The summed E-state index contributed by atoms with van der Waals surface area (Å²) in [7, 11) is 0. The number of carboxylic acids is 1. The summed E-state index contributed by atoms with van der Waals surface area (Å²) in [5.74, 6) is -2.69. The Morgan fingerprint density at radius 2 is 1.66 bits per heavy atom. The van der Waals surface area contributed by atoms with Gasteiger partial charge in [-0.3, -0.25) is 14.4 Å². The van der Waals surface area contributed by atoms with Crippen LogP contribution in [0.3, 0.4) is 0 Å². The predicted octanol–water partition coefficient (Wildman–Crippen LogP) is 2.48. The van der Waals surface area contributed by atoms with Crippen LogP contribution in [0.5, 0.6) is 0 Å². The molecule has 2 rings (SSSR count). The summed E-state index contributed by atoms with van der Waals surface area (Å²) in [4.78, 5) is 46.6. The van der Waals surface area contributed by atoms with Crippen molar-refractivity contribution in [2.24, 2.45) is 5.73 Å². The van der Waals surface area contributed by atoms with E-state index in [1.807, 2.05) is 0 Å². The predicted molar refractivity (Wildman–Crippen MR) is 111 cm³/mol. The van der Waals surface area contributed by atoms with Crippen LogP contribution in [0, 0.1) is 0 Å². The van der Waals surface area contributed by atoms with E-state index in [1.165, 1.54) is 17.8 Å². The number of primary amides is 1. The average Bonchev–Trinajstić information content (AvgIpc) is 2.68. The number of nitrogens with two attached hydrogens (primary N) is 1. The Morgan fingerprint density at radius 3 is 2.28 bits per heavy atom. The summed E-state index contributed by atoms with van der Waals surface area (Å²) in [5, 5.41) is 13.3. The van der Waals surface area contributed by atoms with Gasteiger partial charge in [-0.2, -0.15) is 0 Å². The maximum Gasteiger partial charge on any atom is 0.328 e. The standard InChI is InChI=1S/C20H19N3O5S/c1-12(20(28)23-16-5-3-2-4-15(16)19(21)27)29-14-8-6-13(7-9-14)22-17(24)10-11-18(25)26/h2-12H,1H3,(H2,21,27)(H,22,24)(H,23,28)(H,25,26)/b11-10+. The molecule has 1 unspecified atom stereocenters. The monoisotopic (exact) mass is 413 g/mol. The van der Waals surface area contributed by atoms with Gasteiger partial charge < -0.3 is 21.5 Å². The largest absolute Gasteiger partial charge is 0.478 e. The number of amides is 3. The molecule has 2 aromatic carbocycles. The van der Waals surface area contributed by atoms with E-state index in [1.54, 1.807) is 49.4 Å². The Kier molecular flexibility index (Phi) is 7.55. The van der Waals surface area contributed by atoms with Crippen molar-refractivity contribution in [1.82, 2.24) is 0 Å². The number of rotatable bonds is 8. The second-order valence-corrected chi connectivity index (χ2v) is 7.26. The molecule has 1 atom stereocenters. The van der Waals surface area contributed by atoms with Crippen LogP contribution >= 0.6 is 11.8 Å². The Hall–Kier alpha value is -3.59. The molecule has 0 fully saturated rings. The van der Waals surface area contributed by atoms with Crippen LogP contribution in [0.1, 0.15) is 17.3 Å². The van der Waals surface area contributed by atoms with Crippen LogP contribution in [-0.4, -0.2) is 34.0 Å². The number of benzene rings is 2. The highest BCUT2D eigenvalue weighted by Gasteiger charge is 2.17. The van der Waals surface area contributed by atoms with Crippen LogP contribution in [0.4, 0.5) is 11.4 Å². The molecule has 0 aliphatic rings. The highest BCUT2D eigenvalue weighted by Crippen LogP contribution is 2.26. The maximum atomic E-state index is 12.4. The number of nitrogens with one attached hydrogen (secondary N) is 2. The molecule has 2 aromatic rings. The third kappa shape index (κ3) is 6.82. The van der Waals surface area contributed by atoms with Crippen LogP contribution in [0.15, 0.2) is 65.6 Å². The topological polar surface area (TPSA) is 139 Å². The first-order chi connectivity index (χ1) is 13.8. The lowest BCUT2D eigenvalue weighted by molar-refractivity contribution is -0.131. The number of para-hydroxylation sites is 1. The fourth-order valence-corrected chi connectivity index (χ4v) is 3.11. The summed E-state index contributed by atoms with van der Waals surface area (Å²) >= 11 is 1.29. The lowest BCUT2D eigenvalue weighted by atomic mass is 10.1. The Labute approximate surface area is 171 Å². The van der Waals surface area contributed by atoms with Crippen molar-refractivity contribution in [1.29, 1.82) is 0 Å². The van der Waals surface area contributed by atoms with Crippen molar-refractivity contribution in [3.8, 4) is 0 Å². The number of aliphatic carboxylic acids is 1. The van der Waals surface area contributed by atoms with Gasteiger partial charge in [0.1, 0.15) is 0 Å². The van der Waals surface area contributed by atoms with Crippen molar-refractivity contribution in [2.45, 2.75) is 17.1 Å². The van der Waals surface area contributed by atoms with Gasteiger partial charge in [0.15, 0.2) is 0 Å². The molecule has 9 heteroatoms. The maximum absolute atomic E-state index is 12.4. The van der Waals surface area contributed by atoms with E-state index in [-0.39, 0.29) is 11.5 Å². The summed E-state index contributed by atoms with van der Waals surface area (Å²) in [6.45, 7) is 1.72. The zero-order valence-corrected chi connectivity index (χ0v) is 16.2. The van der Waals surface area contributed by atoms with Gasteiger partial charge in [0.25, 0.3) is 5.91 Å². The highest BCUT2D eigenvalue weighted by molar-refractivity contribution is 8.00. The summed E-state index contributed by atoms with van der Waals surface area (Å²) in [6.07, 6.45) is 1.66. The van der Waals surface area contributed by atoms with E-state index < -0.39 is 23.0 Å². The van der Waals surface area contributed by atoms with E-state index >= 15 is 0 Å². The SMILES string of the molecule is CC(Sc1ccc(NC(=O)/C=C/C(=O)O)cc1)C(=O)Nc1ccccc1C(N)=O. The number of hydrogen-bond donors (Lipinski definition) is 4. The molecule has 0 radical (unpaired) electrons. The molecule has 0 saturated carbocycles. The number of hydrogen-bond acceptors (Lipinski definition) is 5. The Bertz CT molecular complexity index is 957. The molecular formula is C20H19N3O5S. The fraction of sp³-hybridized carbons (Fsp3) is 0.100. The molecule has 0 spiro atoms. The number of carbonyl (C=O) groups excluding carboxylic acids is 3. The van der Waals surface area contributed by atoms with E-state index in [0.29, 0.717) is 11.4 Å². The van der Waals surface area contributed by atoms with Crippen molar-refractivity contribution in [2.75, 3.05) is 10.6 Å². The minimum absolute atomic E-state index is 0.232. The Balaban J connectivity index is 1.96. The van der Waals surface area contributed by atoms with Crippen molar-refractivity contribution < 1.29 is 24.3 Å². The van der Waals surface area contributed by atoms with Crippen LogP contribution in [-0.2, 0) is 14.4 Å². The van der Waals surface area contributed by atoms with Gasteiger partial charge in [-0.15, -0.1) is 11.8 Å². The van der Waals surface area contributed by atoms with Crippen LogP contribution < -0.4 is 16.4 Å². The molecule has 150 valence electrons. The summed E-state index contributed by atoms with van der Waals surface area (Å²) in [6, 6.07) is 13.2. The van der Waals surface area contributed by atoms with E-state index in [9.17, 15) is 19.2 Å². The van der Waals surface area contributed by atoms with Gasteiger partial charge >= 0.3 is 5.97 Å². The van der Waals surface area contributed by atoms with Gasteiger partial charge in [-0.25, -0.2) is 4.79 Å². The first-order valence-electron chi connectivity index (χ1n) is 8.44. The van der Waals surface area contributed by atoms with Gasteiger partial charge in [-0.05, 0) is 43.3 Å². The molecule has 0 aliphatic carbocycles. The average molecular weight is 413 g/mol. The van der Waals surface area contributed by atoms with Gasteiger partial charge in [-0.1, -0.05) is 12.1 Å². The summed E-state index contributed by atoms with van der Waals surface area (Å²) < 4.78 is 0. The van der Waals surface area contributed by atoms with Crippen LogP contribution in [0.2, 0.25) is 0 Å². The molecule has 29 heavy (non-hydrogen) atoms. The fourth-order valence-electron chi connectivity index (χ4n) is 2.25. The first kappa shape index (κ1) is 21.7. The smallest absolute Gasteiger partial charge is 0.328 e. The molecule has 0 saturated heterocycles. The van der Waals surface area contributed by atoms with Crippen LogP contribution in [0.25, 0.3) is 0 Å². The molecule has 0 aromatic heterocycles. The first-order valence-corrected chi connectivity index (χ1v) is 9.32. The van der Waals surface area contributed by atoms with Crippen molar-refractivity contribution in [3.63, 3.8) is 0 Å². The molecule has 0 heterocycles. The van der Waals surface area contributed by atoms with Crippen molar-refractivity contribution in [3.05, 3.63) is 66.2 Å². The van der Waals surface area contributed by atoms with E-state index in [4.69, 9.17) is 10.8 Å². The molecule has 8 nitrogen and oxygen atoms in total. The number of anilines is 2. The third-order valence-electron chi connectivity index (χ3n) is 3.63. The number of carboxylic acid groups (broad SMARTS) is 1. The molecule has 0 bridgehead atoms. The van der Waals surface area contributed by atoms with Crippen molar-refractivity contribution >= 4 is 46.8 Å². The molecular weight excluding hydrogens is 394 g/mol. The lowest BCUT2D eigenvalue weighted by Crippen LogP contribution is -2.24. The van der Waals surface area contributed by atoms with Gasteiger partial charge in [0, 0.05) is 22.7 Å².